The van der Waals surface area contributed by atoms with Crippen molar-refractivity contribution in [3.8, 4) is 11.1 Å². The highest BCUT2D eigenvalue weighted by atomic mass is 35.6. The maximum atomic E-state index is 8.20. The van der Waals surface area contributed by atoms with Gasteiger partial charge in [-0.05, 0) is 45.5 Å². The van der Waals surface area contributed by atoms with E-state index in [0.29, 0.717) is 0 Å². The highest BCUT2D eigenvalue weighted by Gasteiger charge is 2.55. The van der Waals surface area contributed by atoms with Gasteiger partial charge in [0.2, 0.25) is 0 Å². The van der Waals surface area contributed by atoms with Crippen LogP contribution in [0.25, 0.3) is 11.1 Å². The van der Waals surface area contributed by atoms with Crippen LogP contribution in [0.3, 0.4) is 0 Å². The van der Waals surface area contributed by atoms with Crippen LogP contribution in [0.1, 0.15) is 89.2 Å². The van der Waals surface area contributed by atoms with Crippen molar-refractivity contribution in [1.82, 2.24) is 0 Å². The predicted molar refractivity (Wildman–Crippen MR) is 272 cm³/mol. The fourth-order valence-electron chi connectivity index (χ4n) is 10.5. The van der Waals surface area contributed by atoms with Gasteiger partial charge in [-0.1, -0.05) is 270 Å². The number of unbranched alkanes of at least 4 members (excludes halogenated alkanes) is 6. The molecule has 4 unspecified atom stereocenters. The van der Waals surface area contributed by atoms with Crippen LogP contribution in [0.2, 0.25) is 26.2 Å². The Bertz CT molecular complexity index is 2130. The zero-order valence-corrected chi connectivity index (χ0v) is 41.8. The molecule has 0 nitrogen and oxygen atoms in total. The number of halogens is 2. The van der Waals surface area contributed by atoms with Gasteiger partial charge < -0.3 is 0 Å². The van der Waals surface area contributed by atoms with E-state index in [0.717, 1.165) is 0 Å². The van der Waals surface area contributed by atoms with Gasteiger partial charge in [0, 0.05) is 5.41 Å². The summed E-state index contributed by atoms with van der Waals surface area (Å²) in [4.78, 5) is 0. The van der Waals surface area contributed by atoms with E-state index in [4.69, 9.17) is 22.2 Å². The molecule has 0 aromatic heterocycles. The van der Waals surface area contributed by atoms with E-state index < -0.39 is 29.0 Å². The average molecular weight is 884 g/mol. The van der Waals surface area contributed by atoms with Gasteiger partial charge in [-0.3, -0.25) is 0 Å². The third-order valence-corrected chi connectivity index (χ3v) is 51.7. The van der Waals surface area contributed by atoms with Crippen LogP contribution in [0.4, 0.5) is 0 Å². The van der Waals surface area contributed by atoms with E-state index in [1.54, 1.807) is 11.1 Å². The lowest BCUT2D eigenvalue weighted by molar-refractivity contribution is 0.401. The van der Waals surface area contributed by atoms with E-state index in [2.05, 4.69) is 198 Å². The predicted octanol–water partition coefficient (Wildman–Crippen LogP) is 11.9. The Hall–Kier alpha value is -3.23. The molecule has 0 aliphatic heterocycles. The molecule has 0 amide bonds. The molecule has 0 heterocycles. The standard InChI is InChI=1S/C53H64Cl2Si4/c1-7-9-11-25-39-53(40-26-12-10-8-2)51-41-47(56(3,43-27-17-13-18-28-43)58(5,54)45-31-21-15-22-32-45)35-37-49(51)50-38-36-48(42-52(50)53)57(4,44-29-19-14-20-30-44)59(6,55)46-33-23-16-24-34-46/h13-24,27-38,41-42H,7-12,25-26,39-40H2,1-6H3. The zero-order valence-electron chi connectivity index (χ0n) is 36.3. The normalized spacial score (nSPS) is 17.2. The molecule has 6 aromatic rings. The topological polar surface area (TPSA) is 0 Å². The first-order valence-electron chi connectivity index (χ1n) is 22.4. The molecule has 6 heteroatoms. The van der Waals surface area contributed by atoms with Crippen LogP contribution in [0.15, 0.2) is 158 Å². The van der Waals surface area contributed by atoms with Crippen LogP contribution in [0, 0.1) is 0 Å². The average Bonchev–Trinajstić information content (AvgIpc) is 3.55. The van der Waals surface area contributed by atoms with Crippen molar-refractivity contribution in [3.63, 3.8) is 0 Å². The highest BCUT2D eigenvalue weighted by Crippen LogP contribution is 2.54. The Morgan fingerprint density at radius 1 is 0.373 bits per heavy atom. The minimum atomic E-state index is -2.56. The van der Waals surface area contributed by atoms with E-state index in [-0.39, 0.29) is 5.41 Å². The highest BCUT2D eigenvalue weighted by molar-refractivity contribution is 7.70. The van der Waals surface area contributed by atoms with Gasteiger partial charge in [0.05, 0.1) is 0 Å². The first kappa shape index (κ1) is 43.8. The summed E-state index contributed by atoms with van der Waals surface area (Å²) in [5.74, 6) is 0. The molecule has 59 heavy (non-hydrogen) atoms. The summed E-state index contributed by atoms with van der Waals surface area (Å²) in [7, 11) is -5.03. The molecule has 0 saturated heterocycles. The first-order valence-corrected chi connectivity index (χ1v) is 36.4. The van der Waals surface area contributed by atoms with Crippen molar-refractivity contribution < 1.29 is 0 Å². The van der Waals surface area contributed by atoms with E-state index in [1.165, 1.54) is 106 Å². The second-order valence-electron chi connectivity index (χ2n) is 17.9. The largest absolute Gasteiger partial charge is 0.183 e. The van der Waals surface area contributed by atoms with Crippen molar-refractivity contribution in [1.29, 1.82) is 0 Å². The number of fused-ring (bicyclic) bond motifs is 3. The molecule has 0 radical (unpaired) electrons. The third kappa shape index (κ3) is 7.92. The molecule has 1 aliphatic rings. The Labute approximate surface area is 369 Å². The fourth-order valence-corrected chi connectivity index (χ4v) is 37.2. The molecule has 6 aromatic carbocycles. The van der Waals surface area contributed by atoms with E-state index >= 15 is 0 Å². The molecule has 0 N–H and O–H groups in total. The molecule has 1 aliphatic carbocycles. The molecule has 0 bridgehead atoms. The van der Waals surface area contributed by atoms with Gasteiger partial charge in [0.15, 0.2) is 13.8 Å². The van der Waals surface area contributed by atoms with Crippen LogP contribution >= 0.6 is 22.2 Å². The van der Waals surface area contributed by atoms with Crippen LogP contribution < -0.4 is 31.1 Å². The van der Waals surface area contributed by atoms with Crippen LogP contribution in [-0.2, 0) is 5.41 Å². The lowest BCUT2D eigenvalue weighted by Crippen LogP contribution is -2.75. The number of hydrogen-bond donors (Lipinski definition) is 0. The smallest absolute Gasteiger partial charge is 0.164 e. The van der Waals surface area contributed by atoms with Crippen molar-refractivity contribution in [3.05, 3.63) is 169 Å². The molecular weight excluding hydrogens is 820 g/mol. The van der Waals surface area contributed by atoms with Gasteiger partial charge in [-0.2, -0.15) is 22.2 Å². The lowest BCUT2D eigenvalue weighted by Gasteiger charge is -2.42. The van der Waals surface area contributed by atoms with Gasteiger partial charge in [0.1, 0.15) is 15.2 Å². The molecule has 306 valence electrons. The Balaban J connectivity index is 1.48. The molecule has 4 atom stereocenters. The van der Waals surface area contributed by atoms with Crippen LogP contribution in [0.5, 0.6) is 0 Å². The van der Waals surface area contributed by atoms with Crippen molar-refractivity contribution in [2.24, 2.45) is 0 Å². The summed E-state index contributed by atoms with van der Waals surface area (Å²) >= 11 is 16.4. The second kappa shape index (κ2) is 18.4. The zero-order chi connectivity index (χ0) is 41.7. The molecule has 0 fully saturated rings. The fraction of sp³-hybridized carbons (Fsp3) is 0.321. The van der Waals surface area contributed by atoms with Gasteiger partial charge in [-0.15, -0.1) is 0 Å². The Kier molecular flexibility index (Phi) is 13.7. The third-order valence-electron chi connectivity index (χ3n) is 14.6. The van der Waals surface area contributed by atoms with Gasteiger partial charge in [-0.25, -0.2) is 0 Å². The van der Waals surface area contributed by atoms with Crippen LogP contribution in [-0.4, -0.2) is 29.0 Å². The summed E-state index contributed by atoms with van der Waals surface area (Å²) in [5, 5.41) is 8.47. The Morgan fingerprint density at radius 2 is 0.695 bits per heavy atom. The number of rotatable bonds is 18. The minimum absolute atomic E-state index is 0.0792. The number of hydrogen-bond acceptors (Lipinski definition) is 0. The summed E-state index contributed by atoms with van der Waals surface area (Å²) < 4.78 is 0. The molecule has 0 saturated carbocycles. The van der Waals surface area contributed by atoms with E-state index in [1.807, 2.05) is 0 Å². The summed E-state index contributed by atoms with van der Waals surface area (Å²) in [6, 6.07) is 60.3. The number of benzene rings is 6. The molecule has 7 rings (SSSR count). The molecule has 0 spiro atoms. The van der Waals surface area contributed by atoms with Crippen molar-refractivity contribution >= 4 is 82.3 Å². The first-order chi connectivity index (χ1) is 28.5. The lowest BCUT2D eigenvalue weighted by atomic mass is 9.70. The minimum Gasteiger partial charge on any atom is -0.164 e. The summed E-state index contributed by atoms with van der Waals surface area (Å²) in [6.07, 6.45) is 12.4. The maximum Gasteiger partial charge on any atom is 0.183 e. The SMILES string of the molecule is CCCCCCC1(CCCCCC)c2cc([Si](C)(c3ccccc3)[Si](C)(Cl)c3ccccc3)ccc2-c2ccc([Si](C)(c3ccccc3)[Si](C)(Cl)c3ccccc3)cc21. The monoisotopic (exact) mass is 882 g/mol. The Morgan fingerprint density at radius 3 is 1.02 bits per heavy atom. The van der Waals surface area contributed by atoms with Gasteiger partial charge >= 0.3 is 0 Å². The van der Waals surface area contributed by atoms with Crippen molar-refractivity contribution in [2.45, 2.75) is 110 Å². The maximum absolute atomic E-state index is 8.20. The van der Waals surface area contributed by atoms with Crippen molar-refractivity contribution in [2.75, 3.05) is 0 Å². The van der Waals surface area contributed by atoms with Gasteiger partial charge in [0.25, 0.3) is 0 Å². The molecular formula is C53H64Cl2Si4. The quantitative estimate of drug-likeness (QED) is 0.0458. The summed E-state index contributed by atoms with van der Waals surface area (Å²) in [5.41, 5.74) is 5.89. The van der Waals surface area contributed by atoms with E-state index in [9.17, 15) is 0 Å². The summed E-state index contributed by atoms with van der Waals surface area (Å²) in [6.45, 7) is 9.55. The second-order valence-corrected chi connectivity index (χ2v) is 48.4.